The maximum absolute atomic E-state index is 12.5. The Morgan fingerprint density at radius 2 is 2.33 bits per heavy atom. The molecule has 4 atom stereocenters. The van der Waals surface area contributed by atoms with Crippen LogP contribution in [0.5, 0.6) is 11.5 Å². The van der Waals surface area contributed by atoms with E-state index in [2.05, 4.69) is 17.8 Å². The molecule has 1 saturated heterocycles. The van der Waals surface area contributed by atoms with Gasteiger partial charge in [0.25, 0.3) is 0 Å². The molecule has 2 aliphatic heterocycles. The third-order valence-electron chi connectivity index (χ3n) is 5.97. The van der Waals surface area contributed by atoms with Crippen LogP contribution in [0.15, 0.2) is 12.1 Å². The number of carbonyl (C=O) groups is 1. The molecule has 4 heteroatoms. The highest BCUT2D eigenvalue weighted by Gasteiger charge is 2.64. The summed E-state index contributed by atoms with van der Waals surface area (Å²) in [5.74, 6) is 3.69. The van der Waals surface area contributed by atoms with Gasteiger partial charge in [0.15, 0.2) is 23.4 Å². The first-order valence-corrected chi connectivity index (χ1v) is 8.82. The Morgan fingerprint density at radius 1 is 1.43 bits per heavy atom. The maximum Gasteiger partial charge on any atom is 0.174 e. The van der Waals surface area contributed by atoms with Gasteiger partial charge in [-0.05, 0) is 42.6 Å². The summed E-state index contributed by atoms with van der Waals surface area (Å²) >= 11 is 2.10. The summed E-state index contributed by atoms with van der Waals surface area (Å²) in [5, 5.41) is 0.657. The molecular formula is C17H18O3S. The van der Waals surface area contributed by atoms with Crippen LogP contribution in [-0.2, 0) is 16.6 Å². The Kier molecular flexibility index (Phi) is 2.35. The molecule has 1 saturated carbocycles. The fourth-order valence-electron chi connectivity index (χ4n) is 5.21. The van der Waals surface area contributed by atoms with Gasteiger partial charge in [0.05, 0.1) is 7.11 Å². The van der Waals surface area contributed by atoms with Gasteiger partial charge in [0.1, 0.15) is 0 Å². The first-order valence-electron chi connectivity index (χ1n) is 7.77. The smallest absolute Gasteiger partial charge is 0.174 e. The molecule has 0 amide bonds. The minimum absolute atomic E-state index is 0.0529. The zero-order chi connectivity index (χ0) is 14.2. The lowest BCUT2D eigenvalue weighted by Crippen LogP contribution is -2.59. The van der Waals surface area contributed by atoms with Gasteiger partial charge in [-0.25, -0.2) is 0 Å². The van der Waals surface area contributed by atoms with Crippen LogP contribution in [0.4, 0.5) is 0 Å². The quantitative estimate of drug-likeness (QED) is 0.799. The van der Waals surface area contributed by atoms with Gasteiger partial charge >= 0.3 is 0 Å². The zero-order valence-corrected chi connectivity index (χ0v) is 12.9. The summed E-state index contributed by atoms with van der Waals surface area (Å²) in [6, 6.07) is 4.20. The lowest BCUT2D eigenvalue weighted by molar-refractivity contribution is -0.133. The molecule has 5 rings (SSSR count). The monoisotopic (exact) mass is 302 g/mol. The predicted octanol–water partition coefficient (Wildman–Crippen LogP) is 2.73. The largest absolute Gasteiger partial charge is 0.493 e. The van der Waals surface area contributed by atoms with Gasteiger partial charge in [-0.1, -0.05) is 6.07 Å². The number of ketones is 1. The molecule has 2 heterocycles. The predicted molar refractivity (Wildman–Crippen MR) is 81.4 cm³/mol. The molecule has 0 unspecified atom stereocenters. The fourth-order valence-corrected chi connectivity index (χ4v) is 6.88. The number of thioether (sulfide) groups is 1. The van der Waals surface area contributed by atoms with E-state index in [9.17, 15) is 4.79 Å². The number of benzene rings is 1. The average molecular weight is 302 g/mol. The summed E-state index contributed by atoms with van der Waals surface area (Å²) in [7, 11) is 1.68. The van der Waals surface area contributed by atoms with E-state index in [1.165, 1.54) is 11.1 Å². The summed E-state index contributed by atoms with van der Waals surface area (Å²) in [6.07, 6.45) is 3.65. The van der Waals surface area contributed by atoms with Crippen LogP contribution in [0.1, 0.15) is 30.4 Å². The van der Waals surface area contributed by atoms with E-state index in [1.54, 1.807) is 7.11 Å². The molecule has 0 radical (unpaired) electrons. The fraction of sp³-hybridized carbons (Fsp3) is 0.588. The van der Waals surface area contributed by atoms with E-state index >= 15 is 0 Å². The number of methoxy groups -OCH3 is 1. The second-order valence-electron chi connectivity index (χ2n) is 6.64. The summed E-state index contributed by atoms with van der Waals surface area (Å²) in [4.78, 5) is 12.5. The normalized spacial score (nSPS) is 38.7. The molecule has 2 fully saturated rings. The minimum Gasteiger partial charge on any atom is -0.493 e. The van der Waals surface area contributed by atoms with E-state index in [4.69, 9.17) is 9.47 Å². The molecule has 1 aromatic rings. The topological polar surface area (TPSA) is 35.5 Å². The van der Waals surface area contributed by atoms with Crippen molar-refractivity contribution in [1.29, 1.82) is 0 Å². The second kappa shape index (κ2) is 3.97. The zero-order valence-electron chi connectivity index (χ0n) is 12.1. The van der Waals surface area contributed by atoms with E-state index in [0.717, 1.165) is 36.5 Å². The highest BCUT2D eigenvalue weighted by molar-refractivity contribution is 8.00. The molecular weight excluding hydrogens is 284 g/mol. The molecule has 4 aliphatic rings. The molecule has 110 valence electrons. The summed E-state index contributed by atoms with van der Waals surface area (Å²) in [5.41, 5.74) is 2.65. The summed E-state index contributed by atoms with van der Waals surface area (Å²) in [6.45, 7) is 0. The van der Waals surface area contributed by atoms with Crippen LogP contribution in [0.3, 0.4) is 0 Å². The van der Waals surface area contributed by atoms with Crippen LogP contribution < -0.4 is 9.47 Å². The number of ether oxygens (including phenoxy) is 2. The molecule has 21 heavy (non-hydrogen) atoms. The number of hydrogen-bond acceptors (Lipinski definition) is 4. The van der Waals surface area contributed by atoms with Gasteiger partial charge in [0.2, 0.25) is 0 Å². The highest BCUT2D eigenvalue weighted by atomic mass is 32.2. The lowest BCUT2D eigenvalue weighted by Gasteiger charge is -2.53. The Morgan fingerprint density at radius 3 is 3.19 bits per heavy atom. The average Bonchev–Trinajstić information content (AvgIpc) is 2.83. The lowest BCUT2D eigenvalue weighted by atomic mass is 9.55. The van der Waals surface area contributed by atoms with Crippen molar-refractivity contribution < 1.29 is 14.3 Å². The maximum atomic E-state index is 12.5. The van der Waals surface area contributed by atoms with Crippen molar-refractivity contribution in [2.24, 2.45) is 5.92 Å². The molecule has 0 N–H and O–H groups in total. The Labute approximate surface area is 128 Å². The molecule has 2 bridgehead atoms. The number of hydrogen-bond donors (Lipinski definition) is 0. The van der Waals surface area contributed by atoms with E-state index < -0.39 is 0 Å². The number of rotatable bonds is 1. The van der Waals surface area contributed by atoms with E-state index in [1.807, 2.05) is 6.07 Å². The van der Waals surface area contributed by atoms with Crippen molar-refractivity contribution in [1.82, 2.24) is 0 Å². The standard InChI is InChI=1S/C17H18O3S/c1-19-12-5-2-9-8-13-10-3-4-11(18)16-17(10,6-7-21-13)14(9)15(12)20-16/h2,5,10,13,16H,3-4,6-8H2,1H3/t10-,13+,16-,17-/m0/s1. The first kappa shape index (κ1) is 12.4. The van der Waals surface area contributed by atoms with Crippen LogP contribution in [0, 0.1) is 5.92 Å². The van der Waals surface area contributed by atoms with Crippen molar-refractivity contribution in [2.45, 2.75) is 42.5 Å². The van der Waals surface area contributed by atoms with Crippen LogP contribution >= 0.6 is 11.8 Å². The molecule has 0 aromatic heterocycles. The Balaban J connectivity index is 1.83. The van der Waals surface area contributed by atoms with Crippen molar-refractivity contribution >= 4 is 17.5 Å². The Bertz CT molecular complexity index is 656. The first-order chi connectivity index (χ1) is 10.3. The van der Waals surface area contributed by atoms with Crippen molar-refractivity contribution in [2.75, 3.05) is 12.9 Å². The third-order valence-corrected chi connectivity index (χ3v) is 7.33. The van der Waals surface area contributed by atoms with Gasteiger partial charge in [-0.2, -0.15) is 11.8 Å². The molecule has 3 nitrogen and oxygen atoms in total. The van der Waals surface area contributed by atoms with E-state index in [-0.39, 0.29) is 11.5 Å². The molecule has 2 aliphatic carbocycles. The molecule has 1 aromatic carbocycles. The highest BCUT2D eigenvalue weighted by Crippen LogP contribution is 2.64. The second-order valence-corrected chi connectivity index (χ2v) is 7.99. The van der Waals surface area contributed by atoms with Gasteiger partial charge in [0, 0.05) is 22.6 Å². The number of carbonyl (C=O) groups excluding carboxylic acids is 1. The third kappa shape index (κ3) is 1.31. The Hall–Kier alpha value is -1.16. The van der Waals surface area contributed by atoms with Crippen LogP contribution in [-0.4, -0.2) is 30.0 Å². The van der Waals surface area contributed by atoms with Crippen LogP contribution in [0.2, 0.25) is 0 Å². The van der Waals surface area contributed by atoms with Gasteiger partial charge in [-0.3, -0.25) is 4.79 Å². The van der Waals surface area contributed by atoms with Crippen LogP contribution in [0.25, 0.3) is 0 Å². The van der Waals surface area contributed by atoms with Gasteiger partial charge < -0.3 is 9.47 Å². The van der Waals surface area contributed by atoms with Crippen molar-refractivity contribution in [3.8, 4) is 11.5 Å². The van der Waals surface area contributed by atoms with E-state index in [0.29, 0.717) is 23.4 Å². The number of Topliss-reactive ketones (excluding diaryl/α,β-unsaturated/α-hetero) is 1. The minimum atomic E-state index is -0.259. The van der Waals surface area contributed by atoms with Crippen molar-refractivity contribution in [3.05, 3.63) is 23.3 Å². The van der Waals surface area contributed by atoms with Crippen molar-refractivity contribution in [3.63, 3.8) is 0 Å². The van der Waals surface area contributed by atoms with Gasteiger partial charge in [-0.15, -0.1) is 0 Å². The molecule has 1 spiro atoms. The summed E-state index contributed by atoms with van der Waals surface area (Å²) < 4.78 is 11.7. The SMILES string of the molecule is COc1ccc2c3c1O[C@H]1C(=O)CC[C@H]4[C@@H](C2)SCC[C@]314.